The molecule has 1 nitrogen and oxygen atoms in total. The number of aliphatic hydroxyl groups is 1. The molecule has 1 heterocycles. The molecule has 1 N–H and O–H groups in total. The Morgan fingerprint density at radius 2 is 2.36 bits per heavy atom. The van der Waals surface area contributed by atoms with Crippen LogP contribution in [0.2, 0.25) is 0 Å². The van der Waals surface area contributed by atoms with Crippen molar-refractivity contribution < 1.29 is 5.11 Å². The van der Waals surface area contributed by atoms with Crippen LogP contribution in [0.5, 0.6) is 0 Å². The van der Waals surface area contributed by atoms with Crippen LogP contribution < -0.4 is 0 Å². The second-order valence-corrected chi connectivity index (χ2v) is 3.94. The summed E-state index contributed by atoms with van der Waals surface area (Å²) in [7, 11) is 0. The van der Waals surface area contributed by atoms with Gasteiger partial charge in [-0.3, -0.25) is 0 Å². The minimum absolute atomic E-state index is 0.0791. The Morgan fingerprint density at radius 1 is 1.45 bits per heavy atom. The van der Waals surface area contributed by atoms with Gasteiger partial charge in [-0.25, -0.2) is 0 Å². The average Bonchev–Trinajstić information content (AvgIpc) is 2.55. The highest BCUT2D eigenvalue weighted by molar-refractivity contribution is 7.07. The molecular weight excluding hydrogens is 156 g/mol. The molecule has 1 saturated carbocycles. The van der Waals surface area contributed by atoms with Crippen LogP contribution in [0.25, 0.3) is 0 Å². The van der Waals surface area contributed by atoms with Crippen LogP contribution >= 0.6 is 11.3 Å². The summed E-state index contributed by atoms with van der Waals surface area (Å²) in [6, 6.07) is 2.13. The van der Waals surface area contributed by atoms with E-state index in [9.17, 15) is 5.11 Å². The SMILES string of the molecule is O[C@@H]1CCC[C@H]1c1ccsc1. The zero-order chi connectivity index (χ0) is 7.68. The third-order valence-electron chi connectivity index (χ3n) is 2.45. The van der Waals surface area contributed by atoms with Gasteiger partial charge in [0.05, 0.1) is 6.10 Å². The van der Waals surface area contributed by atoms with E-state index in [0.29, 0.717) is 5.92 Å². The van der Waals surface area contributed by atoms with Crippen molar-refractivity contribution in [1.82, 2.24) is 0 Å². The third kappa shape index (κ3) is 1.33. The standard InChI is InChI=1S/C9H12OS/c10-9-3-1-2-8(9)7-4-5-11-6-7/h4-6,8-10H,1-3H2/t8-,9+/m0/s1. The lowest BCUT2D eigenvalue weighted by Gasteiger charge is -2.11. The molecule has 2 heteroatoms. The summed E-state index contributed by atoms with van der Waals surface area (Å²) >= 11 is 1.72. The van der Waals surface area contributed by atoms with E-state index in [1.165, 1.54) is 12.0 Å². The van der Waals surface area contributed by atoms with Crippen molar-refractivity contribution >= 4 is 11.3 Å². The number of thiophene rings is 1. The van der Waals surface area contributed by atoms with E-state index < -0.39 is 0 Å². The van der Waals surface area contributed by atoms with Crippen molar-refractivity contribution in [3.63, 3.8) is 0 Å². The molecule has 1 aromatic rings. The maximum atomic E-state index is 9.57. The van der Waals surface area contributed by atoms with Crippen molar-refractivity contribution in [1.29, 1.82) is 0 Å². The van der Waals surface area contributed by atoms with Gasteiger partial charge >= 0.3 is 0 Å². The topological polar surface area (TPSA) is 20.2 Å². The van der Waals surface area contributed by atoms with Crippen molar-refractivity contribution in [2.24, 2.45) is 0 Å². The monoisotopic (exact) mass is 168 g/mol. The summed E-state index contributed by atoms with van der Waals surface area (Å²) in [5.74, 6) is 0.432. The normalized spacial score (nSPS) is 31.0. The van der Waals surface area contributed by atoms with Crippen molar-refractivity contribution in [2.75, 3.05) is 0 Å². The fourth-order valence-electron chi connectivity index (χ4n) is 1.82. The molecule has 0 aliphatic heterocycles. The minimum atomic E-state index is -0.0791. The molecule has 1 fully saturated rings. The quantitative estimate of drug-likeness (QED) is 0.682. The summed E-state index contributed by atoms with van der Waals surface area (Å²) in [6.07, 6.45) is 3.25. The number of hydrogen-bond acceptors (Lipinski definition) is 2. The van der Waals surface area contributed by atoms with Gasteiger partial charge in [-0.2, -0.15) is 11.3 Å². The smallest absolute Gasteiger partial charge is 0.0609 e. The third-order valence-corrected chi connectivity index (χ3v) is 3.15. The van der Waals surface area contributed by atoms with Crippen LogP contribution in [0.15, 0.2) is 16.8 Å². The number of hydrogen-bond donors (Lipinski definition) is 1. The van der Waals surface area contributed by atoms with E-state index in [-0.39, 0.29) is 6.10 Å². The number of aliphatic hydroxyl groups excluding tert-OH is 1. The Bertz CT molecular complexity index is 217. The van der Waals surface area contributed by atoms with Gasteiger partial charge in [0.1, 0.15) is 0 Å². The second-order valence-electron chi connectivity index (χ2n) is 3.16. The maximum absolute atomic E-state index is 9.57. The Morgan fingerprint density at radius 3 is 2.91 bits per heavy atom. The van der Waals surface area contributed by atoms with Gasteiger partial charge in [0.2, 0.25) is 0 Å². The highest BCUT2D eigenvalue weighted by Gasteiger charge is 2.26. The molecule has 1 aromatic heterocycles. The molecule has 0 saturated heterocycles. The summed E-state index contributed by atoms with van der Waals surface area (Å²) in [5.41, 5.74) is 1.33. The van der Waals surface area contributed by atoms with E-state index in [0.717, 1.165) is 12.8 Å². The van der Waals surface area contributed by atoms with Gasteiger partial charge in [-0.1, -0.05) is 6.42 Å². The predicted molar refractivity (Wildman–Crippen MR) is 46.9 cm³/mol. The molecule has 60 valence electrons. The van der Waals surface area contributed by atoms with Crippen LogP contribution in [-0.2, 0) is 0 Å². The van der Waals surface area contributed by atoms with Crippen LogP contribution in [0.1, 0.15) is 30.7 Å². The largest absolute Gasteiger partial charge is 0.392 e. The minimum Gasteiger partial charge on any atom is -0.392 e. The van der Waals surface area contributed by atoms with E-state index >= 15 is 0 Å². The molecule has 1 aliphatic carbocycles. The van der Waals surface area contributed by atoms with Crippen LogP contribution in [0.4, 0.5) is 0 Å². The predicted octanol–water partition coefficient (Wildman–Crippen LogP) is 2.38. The fourth-order valence-corrected chi connectivity index (χ4v) is 2.54. The van der Waals surface area contributed by atoms with Crippen LogP contribution in [0, 0.1) is 0 Å². The highest BCUT2D eigenvalue weighted by atomic mass is 32.1. The molecule has 1 aliphatic rings. The van der Waals surface area contributed by atoms with Crippen molar-refractivity contribution in [3.8, 4) is 0 Å². The molecular formula is C9H12OS. The Hall–Kier alpha value is -0.340. The van der Waals surface area contributed by atoms with E-state index in [1.54, 1.807) is 11.3 Å². The zero-order valence-electron chi connectivity index (χ0n) is 6.36. The molecule has 0 aromatic carbocycles. The van der Waals surface area contributed by atoms with Gasteiger partial charge in [-0.15, -0.1) is 0 Å². The zero-order valence-corrected chi connectivity index (χ0v) is 7.18. The molecule has 0 bridgehead atoms. The molecule has 2 atom stereocenters. The van der Waals surface area contributed by atoms with E-state index in [1.807, 2.05) is 0 Å². The Balaban J connectivity index is 2.16. The van der Waals surface area contributed by atoms with Crippen molar-refractivity contribution in [2.45, 2.75) is 31.3 Å². The molecule has 0 amide bonds. The lowest BCUT2D eigenvalue weighted by atomic mass is 9.99. The second kappa shape index (κ2) is 2.95. The van der Waals surface area contributed by atoms with E-state index in [4.69, 9.17) is 0 Å². The molecule has 11 heavy (non-hydrogen) atoms. The highest BCUT2D eigenvalue weighted by Crippen LogP contribution is 2.35. The lowest BCUT2D eigenvalue weighted by molar-refractivity contribution is 0.164. The Labute approximate surface area is 70.7 Å². The number of rotatable bonds is 1. The summed E-state index contributed by atoms with van der Waals surface area (Å²) in [6.45, 7) is 0. The maximum Gasteiger partial charge on any atom is 0.0609 e. The molecule has 0 unspecified atom stereocenters. The molecule has 0 spiro atoms. The van der Waals surface area contributed by atoms with Crippen LogP contribution in [-0.4, -0.2) is 11.2 Å². The first-order chi connectivity index (χ1) is 5.38. The summed E-state index contributed by atoms with van der Waals surface area (Å²) in [4.78, 5) is 0. The van der Waals surface area contributed by atoms with Gasteiger partial charge in [0.15, 0.2) is 0 Å². The first-order valence-electron chi connectivity index (χ1n) is 4.08. The van der Waals surface area contributed by atoms with Crippen LogP contribution in [0.3, 0.4) is 0 Å². The van der Waals surface area contributed by atoms with Gasteiger partial charge in [0.25, 0.3) is 0 Å². The first-order valence-corrected chi connectivity index (χ1v) is 5.02. The lowest BCUT2D eigenvalue weighted by Crippen LogP contribution is -2.09. The summed E-state index contributed by atoms with van der Waals surface area (Å²) < 4.78 is 0. The summed E-state index contributed by atoms with van der Waals surface area (Å²) in [5, 5.41) is 13.8. The van der Waals surface area contributed by atoms with Crippen molar-refractivity contribution in [3.05, 3.63) is 22.4 Å². The van der Waals surface area contributed by atoms with E-state index in [2.05, 4.69) is 16.8 Å². The molecule has 2 rings (SSSR count). The van der Waals surface area contributed by atoms with Gasteiger partial charge < -0.3 is 5.11 Å². The van der Waals surface area contributed by atoms with Gasteiger partial charge in [-0.05, 0) is 35.2 Å². The first kappa shape index (κ1) is 7.32. The fraction of sp³-hybridized carbons (Fsp3) is 0.556. The average molecular weight is 168 g/mol. The van der Waals surface area contributed by atoms with Gasteiger partial charge in [0, 0.05) is 5.92 Å². The Kier molecular flexibility index (Phi) is 1.96. The molecule has 0 radical (unpaired) electrons.